The predicted octanol–water partition coefficient (Wildman–Crippen LogP) is 10.2. The summed E-state index contributed by atoms with van der Waals surface area (Å²) in [5.74, 6) is 8.56. The van der Waals surface area contributed by atoms with Crippen LogP contribution in [0.1, 0.15) is 73.7 Å². The van der Waals surface area contributed by atoms with E-state index >= 15 is 0 Å². The zero-order valence-electron chi connectivity index (χ0n) is 42.0. The topological polar surface area (TPSA) is 135 Å². The number of nitriles is 1. The Morgan fingerprint density at radius 2 is 0.304 bits per heavy atom. The monoisotopic (exact) mass is 941 g/mol. The summed E-state index contributed by atoms with van der Waals surface area (Å²) in [5.41, 5.74) is 14.0. The molecule has 0 radical (unpaired) electrons. The fourth-order valence-corrected chi connectivity index (χ4v) is 8.98. The number of methoxy groups -OCH3 is 12. The van der Waals surface area contributed by atoms with Gasteiger partial charge in [-0.05, 0) is 178 Å². The van der Waals surface area contributed by atoms with Gasteiger partial charge in [0.2, 0.25) is 0 Å². The molecule has 2 aliphatic rings. The molecule has 13 heteroatoms. The van der Waals surface area contributed by atoms with Gasteiger partial charge in [0.05, 0.1) is 91.4 Å². The van der Waals surface area contributed by atoms with Crippen LogP contribution in [-0.2, 0) is 38.5 Å². The second-order valence-electron chi connectivity index (χ2n) is 16.1. The summed E-state index contributed by atoms with van der Waals surface area (Å²) in [6, 6.07) is 26.6. The Balaban J connectivity index is 0.000000215. The van der Waals surface area contributed by atoms with Gasteiger partial charge < -0.3 is 56.8 Å². The fourth-order valence-electron chi connectivity index (χ4n) is 8.98. The van der Waals surface area contributed by atoms with Crippen molar-refractivity contribution in [2.24, 2.45) is 0 Å². The largest absolute Gasteiger partial charge is 0.493 e. The Bertz CT molecular complexity index is 2160. The standard InChI is InChI=1S/2C27H30O6.C2H3N/c2*1-28-22-10-16-7-18-12-24(30-3)26(32-5)14-20(18)9-21-15-27(33-6)25(31-4)13-19(21)8-17(16)11-23(22)29-2;1-2-3/h2*10-15H,7-9H2,1-6H3;1H3. The highest BCUT2D eigenvalue weighted by Crippen LogP contribution is 2.43. The van der Waals surface area contributed by atoms with Crippen LogP contribution in [0.25, 0.3) is 0 Å². The summed E-state index contributed by atoms with van der Waals surface area (Å²) < 4.78 is 67.3. The molecule has 0 unspecified atom stereocenters. The quantitative estimate of drug-likeness (QED) is 0.115. The second kappa shape index (κ2) is 23.4. The number of rotatable bonds is 12. The minimum absolute atomic E-state index is 0.713. The first-order valence-corrected chi connectivity index (χ1v) is 22.2. The van der Waals surface area contributed by atoms with Crippen molar-refractivity contribution in [3.63, 3.8) is 0 Å². The van der Waals surface area contributed by atoms with Gasteiger partial charge in [-0.1, -0.05) is 0 Å². The van der Waals surface area contributed by atoms with E-state index in [1.54, 1.807) is 91.4 Å². The van der Waals surface area contributed by atoms with Crippen molar-refractivity contribution in [3.8, 4) is 75.1 Å². The van der Waals surface area contributed by atoms with Crippen LogP contribution in [0.4, 0.5) is 0 Å². The van der Waals surface area contributed by atoms with Gasteiger partial charge in [0.25, 0.3) is 0 Å². The molecule has 364 valence electrons. The van der Waals surface area contributed by atoms with Gasteiger partial charge in [-0.15, -0.1) is 0 Å². The summed E-state index contributed by atoms with van der Waals surface area (Å²) >= 11 is 0. The third kappa shape index (κ3) is 11.1. The lowest BCUT2D eigenvalue weighted by atomic mass is 9.94. The molecule has 2 aliphatic carbocycles. The lowest BCUT2D eigenvalue weighted by Crippen LogP contribution is -2.02. The van der Waals surface area contributed by atoms with E-state index in [1.165, 1.54) is 73.7 Å². The maximum atomic E-state index is 7.32. The lowest BCUT2D eigenvalue weighted by molar-refractivity contribution is 0.353. The van der Waals surface area contributed by atoms with Crippen LogP contribution < -0.4 is 56.8 Å². The number of fused-ring (bicyclic) bond motifs is 6. The van der Waals surface area contributed by atoms with E-state index in [1.807, 2.05) is 0 Å². The molecule has 69 heavy (non-hydrogen) atoms. The third-order valence-electron chi connectivity index (χ3n) is 12.5. The molecule has 0 spiro atoms. The minimum atomic E-state index is 0.713. The molecule has 0 saturated carbocycles. The molecular weight excluding hydrogens is 879 g/mol. The molecule has 6 aromatic carbocycles. The van der Waals surface area contributed by atoms with Crippen LogP contribution in [0, 0.1) is 11.3 Å². The summed E-state index contributed by atoms with van der Waals surface area (Å²) in [6.07, 6.45) is 4.38. The van der Waals surface area contributed by atoms with E-state index < -0.39 is 0 Å². The van der Waals surface area contributed by atoms with Gasteiger partial charge >= 0.3 is 0 Å². The first-order chi connectivity index (χ1) is 33.5. The third-order valence-corrected chi connectivity index (χ3v) is 12.5. The predicted molar refractivity (Wildman–Crippen MR) is 265 cm³/mol. The normalized spacial score (nSPS) is 11.8. The van der Waals surface area contributed by atoms with Crippen molar-refractivity contribution in [2.75, 3.05) is 85.3 Å². The van der Waals surface area contributed by atoms with Crippen molar-refractivity contribution in [1.82, 2.24) is 0 Å². The van der Waals surface area contributed by atoms with E-state index in [0.29, 0.717) is 69.0 Å². The van der Waals surface area contributed by atoms with Crippen molar-refractivity contribution in [1.29, 1.82) is 5.26 Å². The number of hydrogen-bond acceptors (Lipinski definition) is 13. The van der Waals surface area contributed by atoms with E-state index in [0.717, 1.165) is 38.5 Å². The first kappa shape index (κ1) is 50.8. The lowest BCUT2D eigenvalue weighted by Gasteiger charge is -2.17. The van der Waals surface area contributed by atoms with Crippen molar-refractivity contribution in [3.05, 3.63) is 140 Å². The van der Waals surface area contributed by atoms with Crippen LogP contribution in [0.15, 0.2) is 72.8 Å². The van der Waals surface area contributed by atoms with Crippen LogP contribution in [0.2, 0.25) is 0 Å². The Kier molecular flexibility index (Phi) is 17.2. The zero-order valence-corrected chi connectivity index (χ0v) is 42.0. The van der Waals surface area contributed by atoms with Crippen molar-refractivity contribution >= 4 is 0 Å². The SMILES string of the molecule is CC#N.COc1cc2c(cc1OC)Cc1cc(OC)c(OC)cc1Cc1cc(OC)c(OC)cc1C2.COc1cc2c(cc1OC)Cc1cc(OC)c(OC)cc1Cc1cc(OC)c(OC)cc1C2. The molecule has 13 nitrogen and oxygen atoms in total. The Labute approximate surface area is 406 Å². The van der Waals surface area contributed by atoms with E-state index in [-0.39, 0.29) is 0 Å². The van der Waals surface area contributed by atoms with Crippen molar-refractivity contribution < 1.29 is 56.8 Å². The Hall–Kier alpha value is -7.59. The molecule has 0 aromatic heterocycles. The zero-order chi connectivity index (χ0) is 49.8. The smallest absolute Gasteiger partial charge is 0.161 e. The average Bonchev–Trinajstić information content (AvgIpc) is 3.48. The van der Waals surface area contributed by atoms with Crippen LogP contribution >= 0.6 is 0 Å². The molecule has 0 saturated heterocycles. The molecule has 0 amide bonds. The number of nitrogens with zero attached hydrogens (tertiary/aromatic N) is 1. The fraction of sp³-hybridized carbons (Fsp3) is 0.339. The van der Waals surface area contributed by atoms with E-state index in [9.17, 15) is 0 Å². The van der Waals surface area contributed by atoms with Crippen molar-refractivity contribution in [2.45, 2.75) is 45.4 Å². The number of benzene rings is 6. The minimum Gasteiger partial charge on any atom is -0.493 e. The molecule has 0 heterocycles. The van der Waals surface area contributed by atoms with Gasteiger partial charge in [-0.25, -0.2) is 0 Å². The molecule has 0 fully saturated rings. The number of ether oxygens (including phenoxy) is 12. The van der Waals surface area contributed by atoms with Gasteiger partial charge in [0, 0.05) is 6.92 Å². The van der Waals surface area contributed by atoms with Gasteiger partial charge in [-0.3, -0.25) is 0 Å². The van der Waals surface area contributed by atoms with Crippen LogP contribution in [0.5, 0.6) is 69.0 Å². The van der Waals surface area contributed by atoms with E-state index in [2.05, 4.69) is 72.8 Å². The molecule has 0 atom stereocenters. The average molecular weight is 942 g/mol. The molecule has 8 rings (SSSR count). The van der Waals surface area contributed by atoms with Gasteiger partial charge in [-0.2, -0.15) is 5.26 Å². The summed E-state index contributed by atoms with van der Waals surface area (Å²) in [7, 11) is 19.9. The Morgan fingerprint density at radius 3 is 0.362 bits per heavy atom. The van der Waals surface area contributed by atoms with E-state index in [4.69, 9.17) is 62.1 Å². The van der Waals surface area contributed by atoms with Crippen LogP contribution in [-0.4, -0.2) is 85.3 Å². The maximum Gasteiger partial charge on any atom is 0.161 e. The van der Waals surface area contributed by atoms with Crippen LogP contribution in [0.3, 0.4) is 0 Å². The highest BCUT2D eigenvalue weighted by Gasteiger charge is 2.24. The number of hydrogen-bond donors (Lipinski definition) is 0. The highest BCUT2D eigenvalue weighted by molar-refractivity contribution is 5.60. The first-order valence-electron chi connectivity index (χ1n) is 22.2. The van der Waals surface area contributed by atoms with Gasteiger partial charge in [0.1, 0.15) is 0 Å². The molecule has 0 bridgehead atoms. The molecule has 0 aliphatic heterocycles. The molecule has 6 aromatic rings. The second-order valence-corrected chi connectivity index (χ2v) is 16.1. The summed E-state index contributed by atoms with van der Waals surface area (Å²) in [6.45, 7) is 1.43. The molecular formula is C56H63NO12. The molecule has 0 N–H and O–H groups in total. The summed E-state index contributed by atoms with van der Waals surface area (Å²) in [4.78, 5) is 0. The van der Waals surface area contributed by atoms with Gasteiger partial charge in [0.15, 0.2) is 69.0 Å². The maximum absolute atomic E-state index is 7.32. The highest BCUT2D eigenvalue weighted by atomic mass is 16.5. The summed E-state index contributed by atoms with van der Waals surface area (Å²) in [5, 5.41) is 7.32. The Morgan fingerprint density at radius 1 is 0.232 bits per heavy atom.